The maximum Gasteiger partial charge on any atom is 0.251 e. The third kappa shape index (κ3) is 4.93. The van der Waals surface area contributed by atoms with Crippen molar-refractivity contribution in [3.05, 3.63) is 95.8 Å². The number of ether oxygens (including phenoxy) is 1. The lowest BCUT2D eigenvalue weighted by Gasteiger charge is -2.15. The molecule has 0 unspecified atom stereocenters. The molecule has 0 aliphatic heterocycles. The number of aromatic nitrogens is 1. The van der Waals surface area contributed by atoms with Crippen molar-refractivity contribution in [3.8, 4) is 5.75 Å². The van der Waals surface area contributed by atoms with Crippen molar-refractivity contribution in [3.63, 3.8) is 0 Å². The monoisotopic (exact) mass is 346 g/mol. The first-order valence-corrected chi connectivity index (χ1v) is 8.71. The van der Waals surface area contributed by atoms with Crippen LogP contribution >= 0.6 is 0 Å². The molecular weight excluding hydrogens is 324 g/mol. The number of pyridine rings is 1. The van der Waals surface area contributed by atoms with Gasteiger partial charge in [0.25, 0.3) is 5.91 Å². The van der Waals surface area contributed by atoms with Gasteiger partial charge in [-0.2, -0.15) is 0 Å². The first-order chi connectivity index (χ1) is 12.7. The number of carbonyl (C=O) groups is 1. The predicted molar refractivity (Wildman–Crippen MR) is 102 cm³/mol. The summed E-state index contributed by atoms with van der Waals surface area (Å²) < 4.78 is 5.94. The second-order valence-electron chi connectivity index (χ2n) is 6.06. The van der Waals surface area contributed by atoms with Gasteiger partial charge in [-0.3, -0.25) is 9.78 Å². The van der Waals surface area contributed by atoms with Gasteiger partial charge in [0.2, 0.25) is 0 Å². The van der Waals surface area contributed by atoms with Crippen molar-refractivity contribution < 1.29 is 9.53 Å². The topological polar surface area (TPSA) is 51.2 Å². The number of amides is 1. The molecule has 1 amide bonds. The lowest BCUT2D eigenvalue weighted by molar-refractivity contribution is 0.0954. The van der Waals surface area contributed by atoms with Gasteiger partial charge in [0.1, 0.15) is 11.9 Å². The van der Waals surface area contributed by atoms with Crippen LogP contribution < -0.4 is 10.1 Å². The molecule has 0 saturated heterocycles. The third-order valence-corrected chi connectivity index (χ3v) is 4.12. The molecule has 26 heavy (non-hydrogen) atoms. The number of hydrogen-bond acceptors (Lipinski definition) is 3. The smallest absolute Gasteiger partial charge is 0.251 e. The van der Waals surface area contributed by atoms with E-state index in [2.05, 4.69) is 10.3 Å². The van der Waals surface area contributed by atoms with Crippen molar-refractivity contribution in [2.45, 2.75) is 19.4 Å². The van der Waals surface area contributed by atoms with Gasteiger partial charge >= 0.3 is 0 Å². The number of benzene rings is 2. The van der Waals surface area contributed by atoms with E-state index in [0.29, 0.717) is 12.1 Å². The van der Waals surface area contributed by atoms with E-state index in [1.54, 1.807) is 18.3 Å². The molecule has 0 spiro atoms. The van der Waals surface area contributed by atoms with E-state index >= 15 is 0 Å². The third-order valence-electron chi connectivity index (χ3n) is 4.12. The van der Waals surface area contributed by atoms with Crippen LogP contribution in [0.25, 0.3) is 0 Å². The summed E-state index contributed by atoms with van der Waals surface area (Å²) in [6.07, 6.45) is 4.27. The average molecular weight is 346 g/mol. The molecular formula is C22H22N2O2. The summed E-state index contributed by atoms with van der Waals surface area (Å²) in [5.74, 6) is 0.657. The van der Waals surface area contributed by atoms with Crippen molar-refractivity contribution in [1.29, 1.82) is 0 Å². The van der Waals surface area contributed by atoms with Crippen LogP contribution in [0.4, 0.5) is 0 Å². The van der Waals surface area contributed by atoms with Crippen molar-refractivity contribution in [2.75, 3.05) is 6.54 Å². The van der Waals surface area contributed by atoms with Crippen molar-refractivity contribution in [2.24, 2.45) is 0 Å². The number of carbonyl (C=O) groups excluding carboxylic acids is 1. The molecule has 1 N–H and O–H groups in total. The zero-order valence-corrected chi connectivity index (χ0v) is 14.8. The Labute approximate surface area is 153 Å². The molecule has 0 radical (unpaired) electrons. The van der Waals surface area contributed by atoms with E-state index in [1.807, 2.05) is 67.7 Å². The van der Waals surface area contributed by atoms with Crippen molar-refractivity contribution >= 4 is 5.91 Å². The Morgan fingerprint density at radius 1 is 1.04 bits per heavy atom. The fraction of sp³-hybridized carbons (Fsp3) is 0.182. The minimum Gasteiger partial charge on any atom is -0.486 e. The maximum absolute atomic E-state index is 12.2. The Bertz CT molecular complexity index is 818. The fourth-order valence-electron chi connectivity index (χ4n) is 2.65. The molecule has 132 valence electrons. The Balaban J connectivity index is 1.51. The lowest BCUT2D eigenvalue weighted by atomic mass is 10.1. The highest BCUT2D eigenvalue weighted by Crippen LogP contribution is 2.21. The molecule has 0 aliphatic rings. The van der Waals surface area contributed by atoms with Crippen molar-refractivity contribution in [1.82, 2.24) is 10.3 Å². The van der Waals surface area contributed by atoms with Crippen LogP contribution in [0, 0.1) is 0 Å². The lowest BCUT2D eigenvalue weighted by Crippen LogP contribution is -2.25. The number of hydrogen-bond donors (Lipinski definition) is 1. The second kappa shape index (κ2) is 8.81. The van der Waals surface area contributed by atoms with Crippen LogP contribution in [0.1, 0.15) is 34.5 Å². The SMILES string of the molecule is C[C@@H](Oc1ccc(C(=O)NCCc2cccnc2)cc1)c1ccccc1. The van der Waals surface area contributed by atoms with Gasteiger partial charge in [-0.15, -0.1) is 0 Å². The molecule has 4 nitrogen and oxygen atoms in total. The minimum atomic E-state index is -0.0865. The molecule has 0 saturated carbocycles. The van der Waals surface area contributed by atoms with E-state index in [1.165, 1.54) is 0 Å². The Hall–Kier alpha value is -3.14. The number of rotatable bonds is 7. The molecule has 3 aromatic rings. The summed E-state index contributed by atoms with van der Waals surface area (Å²) in [7, 11) is 0. The molecule has 1 atom stereocenters. The molecule has 0 bridgehead atoms. The van der Waals surface area contributed by atoms with Crippen LogP contribution in [0.15, 0.2) is 79.1 Å². The Kier molecular flexibility index (Phi) is 5.99. The van der Waals surface area contributed by atoms with Gasteiger partial charge in [0, 0.05) is 24.5 Å². The van der Waals surface area contributed by atoms with Crippen LogP contribution in [-0.2, 0) is 6.42 Å². The molecule has 1 aromatic heterocycles. The van der Waals surface area contributed by atoms with E-state index in [9.17, 15) is 4.79 Å². The summed E-state index contributed by atoms with van der Waals surface area (Å²) in [4.78, 5) is 16.3. The van der Waals surface area contributed by atoms with E-state index in [0.717, 1.165) is 23.3 Å². The summed E-state index contributed by atoms with van der Waals surface area (Å²) in [6, 6.07) is 21.2. The molecule has 0 aliphatic carbocycles. The first-order valence-electron chi connectivity index (χ1n) is 8.71. The largest absolute Gasteiger partial charge is 0.486 e. The maximum atomic E-state index is 12.2. The quantitative estimate of drug-likeness (QED) is 0.698. The van der Waals surface area contributed by atoms with Gasteiger partial charge < -0.3 is 10.1 Å². The summed E-state index contributed by atoms with van der Waals surface area (Å²) in [5, 5.41) is 2.93. The van der Waals surface area contributed by atoms with E-state index in [-0.39, 0.29) is 12.0 Å². The van der Waals surface area contributed by atoms with Crippen LogP contribution in [0.3, 0.4) is 0 Å². The number of nitrogens with zero attached hydrogens (tertiary/aromatic N) is 1. The highest BCUT2D eigenvalue weighted by molar-refractivity contribution is 5.94. The Morgan fingerprint density at radius 3 is 2.50 bits per heavy atom. The zero-order valence-electron chi connectivity index (χ0n) is 14.8. The zero-order chi connectivity index (χ0) is 18.2. The van der Waals surface area contributed by atoms with E-state index in [4.69, 9.17) is 4.74 Å². The van der Waals surface area contributed by atoms with Gasteiger partial charge in [-0.1, -0.05) is 36.4 Å². The molecule has 4 heteroatoms. The van der Waals surface area contributed by atoms with Gasteiger partial charge in [0.15, 0.2) is 0 Å². The molecule has 0 fully saturated rings. The first kappa shape index (κ1) is 17.7. The van der Waals surface area contributed by atoms with Gasteiger partial charge in [0.05, 0.1) is 0 Å². The second-order valence-corrected chi connectivity index (χ2v) is 6.06. The van der Waals surface area contributed by atoms with Crippen LogP contribution in [0.2, 0.25) is 0 Å². The summed E-state index contributed by atoms with van der Waals surface area (Å²) in [5.41, 5.74) is 2.84. The number of nitrogens with one attached hydrogen (secondary N) is 1. The highest BCUT2D eigenvalue weighted by Gasteiger charge is 2.08. The Morgan fingerprint density at radius 2 is 1.81 bits per heavy atom. The normalized spacial score (nSPS) is 11.6. The van der Waals surface area contributed by atoms with E-state index < -0.39 is 0 Å². The minimum absolute atomic E-state index is 0.0460. The summed E-state index contributed by atoms with van der Waals surface area (Å²) >= 11 is 0. The molecule has 2 aromatic carbocycles. The summed E-state index contributed by atoms with van der Waals surface area (Å²) in [6.45, 7) is 2.59. The van der Waals surface area contributed by atoms with Crippen LogP contribution in [0.5, 0.6) is 5.75 Å². The fourth-order valence-corrected chi connectivity index (χ4v) is 2.65. The molecule has 1 heterocycles. The van der Waals surface area contributed by atoms with Gasteiger partial charge in [-0.05, 0) is 54.8 Å². The predicted octanol–water partition coefficient (Wildman–Crippen LogP) is 4.19. The van der Waals surface area contributed by atoms with Gasteiger partial charge in [-0.25, -0.2) is 0 Å². The molecule has 3 rings (SSSR count). The standard InChI is InChI=1S/C22H22N2O2/c1-17(19-7-3-2-4-8-19)26-21-11-9-20(10-12-21)22(25)24-15-13-18-6-5-14-23-16-18/h2-12,14,16-17H,13,15H2,1H3,(H,24,25)/t17-/m1/s1. The highest BCUT2D eigenvalue weighted by atomic mass is 16.5. The average Bonchev–Trinajstić information content (AvgIpc) is 2.70. The van der Waals surface area contributed by atoms with Crippen LogP contribution in [-0.4, -0.2) is 17.4 Å².